The first kappa shape index (κ1) is 15.8. The lowest BCUT2D eigenvalue weighted by Crippen LogP contribution is -2.54. The van der Waals surface area contributed by atoms with Crippen molar-refractivity contribution >= 4 is 11.9 Å². The molecular formula is C17H21NO5. The maximum absolute atomic E-state index is 13.0. The van der Waals surface area contributed by atoms with Gasteiger partial charge in [0.1, 0.15) is 11.5 Å². The van der Waals surface area contributed by atoms with Crippen LogP contribution in [0.2, 0.25) is 0 Å². The summed E-state index contributed by atoms with van der Waals surface area (Å²) in [6.45, 7) is 0.0467. The van der Waals surface area contributed by atoms with Gasteiger partial charge in [-0.2, -0.15) is 0 Å². The summed E-state index contributed by atoms with van der Waals surface area (Å²) < 4.78 is 11.0. The Balaban J connectivity index is 1.96. The summed E-state index contributed by atoms with van der Waals surface area (Å²) in [5, 5.41) is 9.50. The molecule has 2 fully saturated rings. The number of amides is 1. The van der Waals surface area contributed by atoms with Crippen LogP contribution in [0.1, 0.15) is 42.5 Å². The highest BCUT2D eigenvalue weighted by atomic mass is 16.5. The monoisotopic (exact) mass is 319 g/mol. The Bertz CT molecular complexity index is 609. The number of hydrogen-bond donors (Lipinski definition) is 1. The van der Waals surface area contributed by atoms with Gasteiger partial charge in [0.25, 0.3) is 5.91 Å². The average molecular weight is 319 g/mol. The Morgan fingerprint density at radius 1 is 1.30 bits per heavy atom. The van der Waals surface area contributed by atoms with Gasteiger partial charge < -0.3 is 14.6 Å². The highest BCUT2D eigenvalue weighted by molar-refractivity contribution is 5.97. The molecule has 124 valence electrons. The number of carbonyl (C=O) groups is 2. The normalized spacial score (nSPS) is 23.0. The average Bonchev–Trinajstić information content (AvgIpc) is 2.93. The van der Waals surface area contributed by atoms with Crippen molar-refractivity contribution in [3.8, 4) is 5.75 Å². The zero-order valence-electron chi connectivity index (χ0n) is 13.2. The Morgan fingerprint density at radius 2 is 2.04 bits per heavy atom. The second-order valence-electron chi connectivity index (χ2n) is 6.08. The van der Waals surface area contributed by atoms with Crippen LogP contribution in [0.5, 0.6) is 5.75 Å². The van der Waals surface area contributed by atoms with Crippen LogP contribution in [0.3, 0.4) is 0 Å². The van der Waals surface area contributed by atoms with E-state index in [1.54, 1.807) is 24.3 Å². The number of ether oxygens (including phenoxy) is 2. The van der Waals surface area contributed by atoms with Crippen LogP contribution in [0, 0.1) is 0 Å². The molecule has 1 aliphatic heterocycles. The SMILES string of the molecule is COc1cccc(C(=O)N2[C@H](C(=O)O)COC23CCCCC3)c1. The minimum Gasteiger partial charge on any atom is -0.497 e. The number of nitrogens with zero attached hydrogens (tertiary/aromatic N) is 1. The first-order chi connectivity index (χ1) is 11.1. The lowest BCUT2D eigenvalue weighted by Gasteiger charge is -2.41. The molecule has 6 nitrogen and oxygen atoms in total. The molecule has 1 saturated heterocycles. The predicted molar refractivity (Wildman–Crippen MR) is 82.4 cm³/mol. The van der Waals surface area contributed by atoms with Gasteiger partial charge in [-0.25, -0.2) is 4.79 Å². The Kier molecular flexibility index (Phi) is 4.26. The number of benzene rings is 1. The van der Waals surface area contributed by atoms with Gasteiger partial charge in [0.15, 0.2) is 6.04 Å². The standard InChI is InChI=1S/C17H21NO5/c1-22-13-7-5-6-12(10-13)15(19)18-14(16(20)21)11-23-17(18)8-3-2-4-9-17/h5-7,10,14H,2-4,8-9,11H2,1H3,(H,20,21)/t14-/m0/s1. The van der Waals surface area contributed by atoms with Crippen LogP contribution in [0.25, 0.3) is 0 Å². The van der Waals surface area contributed by atoms with Gasteiger partial charge >= 0.3 is 5.97 Å². The van der Waals surface area contributed by atoms with Gasteiger partial charge in [0.2, 0.25) is 0 Å². The number of carbonyl (C=O) groups excluding carboxylic acids is 1. The molecule has 1 spiro atoms. The fourth-order valence-electron chi connectivity index (χ4n) is 3.56. The summed E-state index contributed by atoms with van der Waals surface area (Å²) in [5.41, 5.74) is -0.354. The molecule has 1 aromatic rings. The molecular weight excluding hydrogens is 298 g/mol. The van der Waals surface area contributed by atoms with Gasteiger partial charge in [-0.3, -0.25) is 9.69 Å². The maximum atomic E-state index is 13.0. The second-order valence-corrected chi connectivity index (χ2v) is 6.08. The molecule has 0 bridgehead atoms. The lowest BCUT2D eigenvalue weighted by atomic mass is 9.89. The molecule has 0 aromatic heterocycles. The van der Waals surface area contributed by atoms with E-state index < -0.39 is 17.7 Å². The van der Waals surface area contributed by atoms with Gasteiger partial charge in [-0.1, -0.05) is 12.5 Å². The van der Waals surface area contributed by atoms with E-state index >= 15 is 0 Å². The predicted octanol–water partition coefficient (Wildman–Crippen LogP) is 2.28. The van der Waals surface area contributed by atoms with Crippen molar-refractivity contribution in [1.82, 2.24) is 4.90 Å². The summed E-state index contributed by atoms with van der Waals surface area (Å²) in [7, 11) is 1.53. The van der Waals surface area contributed by atoms with E-state index in [1.165, 1.54) is 12.0 Å². The van der Waals surface area contributed by atoms with E-state index in [9.17, 15) is 14.7 Å². The summed E-state index contributed by atoms with van der Waals surface area (Å²) in [4.78, 5) is 26.1. The molecule has 1 saturated carbocycles. The van der Waals surface area contributed by atoms with Crippen molar-refractivity contribution in [2.45, 2.75) is 43.9 Å². The van der Waals surface area contributed by atoms with Crippen LogP contribution < -0.4 is 4.74 Å². The number of hydrogen-bond acceptors (Lipinski definition) is 4. The van der Waals surface area contributed by atoms with Crippen molar-refractivity contribution in [3.63, 3.8) is 0 Å². The van der Waals surface area contributed by atoms with Gasteiger partial charge in [-0.15, -0.1) is 0 Å². The number of rotatable bonds is 3. The first-order valence-corrected chi connectivity index (χ1v) is 7.92. The quantitative estimate of drug-likeness (QED) is 0.925. The van der Waals surface area contributed by atoms with E-state index in [4.69, 9.17) is 9.47 Å². The highest BCUT2D eigenvalue weighted by Gasteiger charge is 2.53. The number of methoxy groups -OCH3 is 1. The molecule has 3 rings (SSSR count). The van der Waals surface area contributed by atoms with Gasteiger partial charge in [-0.05, 0) is 43.9 Å². The first-order valence-electron chi connectivity index (χ1n) is 7.92. The van der Waals surface area contributed by atoms with Crippen molar-refractivity contribution in [2.75, 3.05) is 13.7 Å². The molecule has 23 heavy (non-hydrogen) atoms. The van der Waals surface area contributed by atoms with Crippen molar-refractivity contribution in [3.05, 3.63) is 29.8 Å². The third-order valence-corrected chi connectivity index (χ3v) is 4.72. The molecule has 1 aliphatic carbocycles. The van der Waals surface area contributed by atoms with Crippen LogP contribution >= 0.6 is 0 Å². The molecule has 2 aliphatic rings. The lowest BCUT2D eigenvalue weighted by molar-refractivity contribution is -0.143. The Hall–Kier alpha value is -2.08. The highest BCUT2D eigenvalue weighted by Crippen LogP contribution is 2.41. The van der Waals surface area contributed by atoms with Crippen LogP contribution in [0.4, 0.5) is 0 Å². The van der Waals surface area contributed by atoms with E-state index in [0.717, 1.165) is 19.3 Å². The zero-order chi connectivity index (χ0) is 16.4. The van der Waals surface area contributed by atoms with E-state index in [1.807, 2.05) is 0 Å². The minimum atomic E-state index is -1.02. The topological polar surface area (TPSA) is 76.1 Å². The van der Waals surface area contributed by atoms with Crippen molar-refractivity contribution < 1.29 is 24.2 Å². The van der Waals surface area contributed by atoms with Crippen LogP contribution in [0.15, 0.2) is 24.3 Å². The third-order valence-electron chi connectivity index (χ3n) is 4.72. The van der Waals surface area contributed by atoms with Crippen molar-refractivity contribution in [2.24, 2.45) is 0 Å². The van der Waals surface area contributed by atoms with E-state index in [2.05, 4.69) is 0 Å². The van der Waals surface area contributed by atoms with Crippen LogP contribution in [-0.2, 0) is 9.53 Å². The summed E-state index contributed by atoms with van der Waals surface area (Å²) >= 11 is 0. The summed E-state index contributed by atoms with van der Waals surface area (Å²) in [6, 6.07) is 5.86. The number of carboxylic acids is 1. The molecule has 0 unspecified atom stereocenters. The molecule has 6 heteroatoms. The van der Waals surface area contributed by atoms with E-state index in [-0.39, 0.29) is 12.5 Å². The number of carboxylic acid groups (broad SMARTS) is 1. The summed E-state index contributed by atoms with van der Waals surface area (Å²) in [5.74, 6) is -0.764. The number of aliphatic carboxylic acids is 1. The fourth-order valence-corrected chi connectivity index (χ4v) is 3.56. The zero-order valence-corrected chi connectivity index (χ0v) is 13.2. The van der Waals surface area contributed by atoms with Crippen molar-refractivity contribution in [1.29, 1.82) is 0 Å². The molecule has 1 atom stereocenters. The molecule has 1 amide bonds. The largest absolute Gasteiger partial charge is 0.497 e. The maximum Gasteiger partial charge on any atom is 0.328 e. The molecule has 1 N–H and O–H groups in total. The van der Waals surface area contributed by atoms with Gasteiger partial charge in [0, 0.05) is 5.56 Å². The molecule has 1 heterocycles. The Morgan fingerprint density at radius 3 is 2.70 bits per heavy atom. The van der Waals surface area contributed by atoms with E-state index in [0.29, 0.717) is 24.2 Å². The Labute approximate surface area is 135 Å². The van der Waals surface area contributed by atoms with Gasteiger partial charge in [0.05, 0.1) is 13.7 Å². The fraction of sp³-hybridized carbons (Fsp3) is 0.529. The second kappa shape index (κ2) is 6.20. The molecule has 1 aromatic carbocycles. The minimum absolute atomic E-state index is 0.0467. The smallest absolute Gasteiger partial charge is 0.328 e. The summed E-state index contributed by atoms with van der Waals surface area (Å²) in [6.07, 6.45) is 4.34. The third kappa shape index (κ3) is 2.79. The van der Waals surface area contributed by atoms with Crippen LogP contribution in [-0.4, -0.2) is 47.4 Å². The molecule has 0 radical (unpaired) electrons.